The smallest absolute Gasteiger partial charge is 0.123 e. The summed E-state index contributed by atoms with van der Waals surface area (Å²) >= 11 is 11.3. The largest absolute Gasteiger partial charge is 0.207 e. The fraction of sp³-hybridized carbons (Fsp3) is 0.0909. The molecule has 0 aliphatic rings. The van der Waals surface area contributed by atoms with Crippen LogP contribution < -0.4 is 0 Å². The van der Waals surface area contributed by atoms with Crippen molar-refractivity contribution in [1.29, 1.82) is 0 Å². The van der Waals surface area contributed by atoms with E-state index in [0.29, 0.717) is 0 Å². The summed E-state index contributed by atoms with van der Waals surface area (Å²) in [5.74, 6) is -0.243. The maximum absolute atomic E-state index is 12.7. The number of hydrogen-bond donors (Lipinski definition) is 0. The predicted molar refractivity (Wildman–Crippen MR) is 66.1 cm³/mol. The summed E-state index contributed by atoms with van der Waals surface area (Å²) < 4.78 is 13.7. The van der Waals surface area contributed by atoms with Crippen molar-refractivity contribution in [1.82, 2.24) is 0 Å². The molecule has 0 fully saturated rings. The Labute approximate surface area is 105 Å². The summed E-state index contributed by atoms with van der Waals surface area (Å²) in [6.45, 7) is 0. The number of rotatable bonds is 2. The van der Waals surface area contributed by atoms with E-state index >= 15 is 0 Å². The van der Waals surface area contributed by atoms with Crippen LogP contribution in [0, 0.1) is 5.82 Å². The van der Waals surface area contributed by atoms with Crippen molar-refractivity contribution < 1.29 is 4.39 Å². The molecule has 0 N–H and O–H groups in total. The zero-order chi connectivity index (χ0) is 10.8. The minimum absolute atomic E-state index is 0.222. The van der Waals surface area contributed by atoms with Gasteiger partial charge in [0.05, 0.1) is 5.38 Å². The Bertz CT molecular complexity index is 452. The van der Waals surface area contributed by atoms with Gasteiger partial charge < -0.3 is 0 Å². The molecule has 0 saturated heterocycles. The van der Waals surface area contributed by atoms with Gasteiger partial charge in [-0.2, -0.15) is 0 Å². The van der Waals surface area contributed by atoms with E-state index in [-0.39, 0.29) is 11.2 Å². The molecule has 1 heterocycles. The Morgan fingerprint density at radius 3 is 2.40 bits per heavy atom. The van der Waals surface area contributed by atoms with Gasteiger partial charge >= 0.3 is 0 Å². The molecule has 1 atom stereocenters. The quantitative estimate of drug-likeness (QED) is 0.687. The van der Waals surface area contributed by atoms with Gasteiger partial charge in [-0.3, -0.25) is 0 Å². The maximum Gasteiger partial charge on any atom is 0.123 e. The van der Waals surface area contributed by atoms with Crippen molar-refractivity contribution in [2.45, 2.75) is 5.38 Å². The first-order chi connectivity index (χ1) is 7.18. The van der Waals surface area contributed by atoms with Gasteiger partial charge in [0.25, 0.3) is 0 Å². The van der Waals surface area contributed by atoms with Crippen LogP contribution in [0.5, 0.6) is 0 Å². The highest BCUT2D eigenvalue weighted by Gasteiger charge is 2.14. The number of alkyl halides is 1. The van der Waals surface area contributed by atoms with E-state index in [4.69, 9.17) is 11.6 Å². The molecule has 4 heteroatoms. The zero-order valence-corrected chi connectivity index (χ0v) is 10.7. The first kappa shape index (κ1) is 11.1. The number of thiophene rings is 1. The average molecular weight is 306 g/mol. The summed E-state index contributed by atoms with van der Waals surface area (Å²) in [4.78, 5) is 1.04. The second-order valence-electron chi connectivity index (χ2n) is 3.05. The van der Waals surface area contributed by atoms with E-state index < -0.39 is 0 Å². The molecule has 0 amide bonds. The fourth-order valence-corrected chi connectivity index (χ4v) is 3.42. The third-order valence-corrected chi connectivity index (χ3v) is 4.57. The standard InChI is InChI=1S/C11H7BrClFS/c12-9-5-6-15-11(9)10(13)7-1-3-8(14)4-2-7/h1-6,10H. The number of benzene rings is 1. The van der Waals surface area contributed by atoms with Crippen LogP contribution in [0.15, 0.2) is 40.2 Å². The Morgan fingerprint density at radius 1 is 1.20 bits per heavy atom. The molecule has 0 spiro atoms. The molecule has 0 saturated carbocycles. The lowest BCUT2D eigenvalue weighted by Gasteiger charge is -2.08. The average Bonchev–Trinajstić information content (AvgIpc) is 2.65. The van der Waals surface area contributed by atoms with Crippen LogP contribution in [0.1, 0.15) is 15.8 Å². The normalized spacial score (nSPS) is 12.7. The Balaban J connectivity index is 2.32. The van der Waals surface area contributed by atoms with E-state index in [9.17, 15) is 4.39 Å². The van der Waals surface area contributed by atoms with Gasteiger partial charge in [0.1, 0.15) is 5.82 Å². The predicted octanol–water partition coefficient (Wildman–Crippen LogP) is 4.98. The Morgan fingerprint density at radius 2 is 1.87 bits per heavy atom. The minimum Gasteiger partial charge on any atom is -0.207 e. The molecular formula is C11H7BrClFS. The van der Waals surface area contributed by atoms with Crippen LogP contribution in [-0.2, 0) is 0 Å². The SMILES string of the molecule is Fc1ccc(C(Cl)c2sccc2Br)cc1. The lowest BCUT2D eigenvalue weighted by molar-refractivity contribution is 0.627. The minimum atomic E-state index is -0.243. The van der Waals surface area contributed by atoms with Crippen molar-refractivity contribution in [3.63, 3.8) is 0 Å². The molecule has 2 rings (SSSR count). The van der Waals surface area contributed by atoms with E-state index in [1.54, 1.807) is 23.5 Å². The molecule has 1 aromatic carbocycles. The molecule has 0 radical (unpaired) electrons. The molecular weight excluding hydrogens is 299 g/mol. The van der Waals surface area contributed by atoms with Gasteiger partial charge in [0.2, 0.25) is 0 Å². The van der Waals surface area contributed by atoms with E-state index in [2.05, 4.69) is 15.9 Å². The van der Waals surface area contributed by atoms with Gasteiger partial charge in [-0.05, 0) is 45.1 Å². The van der Waals surface area contributed by atoms with Crippen LogP contribution >= 0.6 is 38.9 Å². The monoisotopic (exact) mass is 304 g/mol. The molecule has 15 heavy (non-hydrogen) atoms. The molecule has 78 valence electrons. The second kappa shape index (κ2) is 4.64. The second-order valence-corrected chi connectivity index (χ2v) is 5.29. The van der Waals surface area contributed by atoms with Crippen LogP contribution in [0.3, 0.4) is 0 Å². The number of halogens is 3. The molecule has 0 bridgehead atoms. The first-order valence-corrected chi connectivity index (χ1v) is 6.42. The summed E-state index contributed by atoms with van der Waals surface area (Å²) in [5, 5.41) is 1.75. The molecule has 2 aromatic rings. The molecule has 0 nitrogen and oxygen atoms in total. The van der Waals surface area contributed by atoms with Gasteiger partial charge in [0, 0.05) is 9.35 Å². The third kappa shape index (κ3) is 2.41. The highest BCUT2D eigenvalue weighted by molar-refractivity contribution is 9.10. The molecule has 0 aliphatic carbocycles. The van der Waals surface area contributed by atoms with Gasteiger partial charge in [-0.1, -0.05) is 12.1 Å². The van der Waals surface area contributed by atoms with Crippen molar-refractivity contribution in [2.24, 2.45) is 0 Å². The highest BCUT2D eigenvalue weighted by Crippen LogP contribution is 2.37. The van der Waals surface area contributed by atoms with Crippen molar-refractivity contribution in [3.8, 4) is 0 Å². The summed E-state index contributed by atoms with van der Waals surface area (Å²) in [6.07, 6.45) is 0. The third-order valence-electron chi connectivity index (χ3n) is 2.04. The Kier molecular flexibility index (Phi) is 3.44. The van der Waals surface area contributed by atoms with E-state index in [1.165, 1.54) is 12.1 Å². The topological polar surface area (TPSA) is 0 Å². The molecule has 0 aliphatic heterocycles. The van der Waals surface area contributed by atoms with E-state index in [0.717, 1.165) is 14.9 Å². The van der Waals surface area contributed by atoms with Crippen molar-refractivity contribution in [3.05, 3.63) is 56.4 Å². The summed E-state index contributed by atoms with van der Waals surface area (Å²) in [7, 11) is 0. The first-order valence-electron chi connectivity index (χ1n) is 4.31. The van der Waals surface area contributed by atoms with Crippen molar-refractivity contribution in [2.75, 3.05) is 0 Å². The zero-order valence-electron chi connectivity index (χ0n) is 7.58. The fourth-order valence-electron chi connectivity index (χ4n) is 1.27. The highest BCUT2D eigenvalue weighted by atomic mass is 79.9. The lowest BCUT2D eigenvalue weighted by Crippen LogP contribution is -1.90. The van der Waals surface area contributed by atoms with Crippen LogP contribution in [0.25, 0.3) is 0 Å². The van der Waals surface area contributed by atoms with Gasteiger partial charge in [-0.25, -0.2) is 4.39 Å². The van der Waals surface area contributed by atoms with E-state index in [1.807, 2.05) is 11.4 Å². The van der Waals surface area contributed by atoms with Crippen LogP contribution in [0.4, 0.5) is 4.39 Å². The van der Waals surface area contributed by atoms with Crippen LogP contribution in [-0.4, -0.2) is 0 Å². The van der Waals surface area contributed by atoms with Gasteiger partial charge in [0.15, 0.2) is 0 Å². The van der Waals surface area contributed by atoms with Crippen LogP contribution in [0.2, 0.25) is 0 Å². The number of hydrogen-bond acceptors (Lipinski definition) is 1. The van der Waals surface area contributed by atoms with Gasteiger partial charge in [-0.15, -0.1) is 22.9 Å². The lowest BCUT2D eigenvalue weighted by atomic mass is 10.1. The molecule has 1 unspecified atom stereocenters. The summed E-state index contributed by atoms with van der Waals surface area (Å²) in [6, 6.07) is 8.22. The maximum atomic E-state index is 12.7. The Hall–Kier alpha value is -0.380. The summed E-state index contributed by atoms with van der Waals surface area (Å²) in [5.41, 5.74) is 0.904. The molecule has 1 aromatic heterocycles. The van der Waals surface area contributed by atoms with Crippen molar-refractivity contribution >= 4 is 38.9 Å².